The first-order valence-corrected chi connectivity index (χ1v) is 9.25. The van der Waals surface area contributed by atoms with Crippen LogP contribution in [-0.4, -0.2) is 31.4 Å². The third-order valence-electron chi connectivity index (χ3n) is 3.71. The lowest BCUT2D eigenvalue weighted by atomic mass is 10.1. The van der Waals surface area contributed by atoms with Gasteiger partial charge >= 0.3 is 5.97 Å². The Balaban J connectivity index is 2.15. The second kappa shape index (κ2) is 6.79. The number of hydrogen-bond acceptors (Lipinski definition) is 5. The molecule has 8 heteroatoms. The molecule has 124 valence electrons. The van der Waals surface area contributed by atoms with Gasteiger partial charge in [-0.05, 0) is 48.7 Å². The lowest BCUT2D eigenvalue weighted by molar-refractivity contribution is 0.0700. The fourth-order valence-corrected chi connectivity index (χ4v) is 3.51. The van der Waals surface area contributed by atoms with Crippen LogP contribution in [0.1, 0.15) is 33.8 Å². The van der Waals surface area contributed by atoms with Gasteiger partial charge in [0.2, 0.25) is 10.0 Å². The summed E-state index contributed by atoms with van der Waals surface area (Å²) >= 11 is 1.21. The van der Waals surface area contributed by atoms with E-state index < -0.39 is 16.0 Å². The molecule has 0 radical (unpaired) electrons. The van der Waals surface area contributed by atoms with Gasteiger partial charge < -0.3 is 5.11 Å². The zero-order valence-corrected chi connectivity index (χ0v) is 14.4. The molecule has 1 heterocycles. The molecule has 0 fully saturated rings. The quantitative estimate of drug-likeness (QED) is 0.829. The van der Waals surface area contributed by atoms with Crippen LogP contribution in [-0.2, 0) is 16.6 Å². The van der Waals surface area contributed by atoms with Crippen molar-refractivity contribution in [3.8, 4) is 0 Å². The van der Waals surface area contributed by atoms with E-state index in [9.17, 15) is 13.2 Å². The highest BCUT2D eigenvalue weighted by Crippen LogP contribution is 2.25. The number of rotatable bonds is 6. The highest BCUT2D eigenvalue weighted by Gasteiger charge is 2.17. The van der Waals surface area contributed by atoms with E-state index in [1.807, 2.05) is 18.9 Å². The summed E-state index contributed by atoms with van der Waals surface area (Å²) in [7, 11) is -1.81. The zero-order chi connectivity index (χ0) is 17.2. The van der Waals surface area contributed by atoms with Crippen LogP contribution in [0.4, 0.5) is 0 Å². The molecule has 1 aromatic carbocycles. The summed E-state index contributed by atoms with van der Waals surface area (Å²) in [4.78, 5) is 13.6. The van der Waals surface area contributed by atoms with Crippen molar-refractivity contribution in [2.45, 2.75) is 24.4 Å². The molecular weight excluding hydrogens is 336 g/mol. The Morgan fingerprint density at radius 1 is 1.30 bits per heavy atom. The van der Waals surface area contributed by atoms with Crippen LogP contribution in [0.2, 0.25) is 0 Å². The maximum Gasteiger partial charge on any atom is 0.346 e. The molecule has 6 nitrogen and oxygen atoms in total. The summed E-state index contributed by atoms with van der Waals surface area (Å²) < 4.78 is 22.5. The first-order valence-electron chi connectivity index (χ1n) is 6.83. The Morgan fingerprint density at radius 3 is 2.43 bits per heavy atom. The van der Waals surface area contributed by atoms with Crippen molar-refractivity contribution < 1.29 is 18.3 Å². The van der Waals surface area contributed by atoms with Gasteiger partial charge in [-0.3, -0.25) is 4.90 Å². The summed E-state index contributed by atoms with van der Waals surface area (Å²) in [5, 5.41) is 16.0. The van der Waals surface area contributed by atoms with Crippen LogP contribution < -0.4 is 5.14 Å². The summed E-state index contributed by atoms with van der Waals surface area (Å²) in [6.45, 7) is 2.46. The molecule has 0 saturated heterocycles. The molecule has 1 aromatic heterocycles. The molecule has 0 aliphatic rings. The van der Waals surface area contributed by atoms with E-state index in [-0.39, 0.29) is 10.9 Å². The van der Waals surface area contributed by atoms with Crippen molar-refractivity contribution in [2.24, 2.45) is 5.14 Å². The van der Waals surface area contributed by atoms with E-state index in [0.717, 1.165) is 11.1 Å². The van der Waals surface area contributed by atoms with Crippen LogP contribution in [0.25, 0.3) is 0 Å². The largest absolute Gasteiger partial charge is 0.477 e. The van der Waals surface area contributed by atoms with Gasteiger partial charge in [-0.2, -0.15) is 0 Å². The third-order valence-corrected chi connectivity index (χ3v) is 5.59. The minimum Gasteiger partial charge on any atom is -0.477 e. The number of carboxylic acids is 1. The molecule has 0 spiro atoms. The van der Waals surface area contributed by atoms with Crippen LogP contribution in [0, 0.1) is 0 Å². The topological polar surface area (TPSA) is 101 Å². The normalized spacial score (nSPS) is 13.2. The molecule has 1 unspecified atom stereocenters. The summed E-state index contributed by atoms with van der Waals surface area (Å²) in [5.41, 5.74) is 1.69. The lowest BCUT2D eigenvalue weighted by Gasteiger charge is -2.25. The van der Waals surface area contributed by atoms with E-state index in [2.05, 4.69) is 0 Å². The van der Waals surface area contributed by atoms with Crippen molar-refractivity contribution in [1.82, 2.24) is 4.90 Å². The fraction of sp³-hybridized carbons (Fsp3) is 0.267. The summed E-state index contributed by atoms with van der Waals surface area (Å²) in [6.07, 6.45) is 0. The molecular formula is C15H18N2O4S2. The average Bonchev–Trinajstić information content (AvgIpc) is 2.94. The predicted octanol–water partition coefficient (Wildman–Crippen LogP) is 2.29. The van der Waals surface area contributed by atoms with Gasteiger partial charge in [0.15, 0.2) is 0 Å². The zero-order valence-electron chi connectivity index (χ0n) is 12.8. The minimum atomic E-state index is -3.70. The van der Waals surface area contributed by atoms with Crippen molar-refractivity contribution in [3.63, 3.8) is 0 Å². The number of benzene rings is 1. The second-order valence-electron chi connectivity index (χ2n) is 5.29. The maximum atomic E-state index is 11.3. The van der Waals surface area contributed by atoms with Crippen molar-refractivity contribution >= 4 is 27.3 Å². The van der Waals surface area contributed by atoms with Crippen LogP contribution in [0.5, 0.6) is 0 Å². The van der Waals surface area contributed by atoms with Gasteiger partial charge in [0.25, 0.3) is 0 Å². The molecule has 0 aliphatic carbocycles. The average molecular weight is 354 g/mol. The number of carbonyl (C=O) groups is 1. The standard InChI is InChI=1S/C15H18N2O4S2/c1-10(11-3-5-13(6-4-11)23(16,20)21)17(2)9-12-7-8-22-14(12)15(18)19/h3-8,10H,9H2,1-2H3,(H,18,19)(H2,16,20,21). The smallest absolute Gasteiger partial charge is 0.346 e. The summed E-state index contributed by atoms with van der Waals surface area (Å²) in [5.74, 6) is -0.923. The Hall–Kier alpha value is -1.74. The SMILES string of the molecule is CC(c1ccc(S(N)(=O)=O)cc1)N(C)Cc1ccsc1C(=O)O. The van der Waals surface area contributed by atoms with E-state index in [1.54, 1.807) is 23.6 Å². The number of hydrogen-bond donors (Lipinski definition) is 2. The monoisotopic (exact) mass is 354 g/mol. The molecule has 2 rings (SSSR count). The van der Waals surface area contributed by atoms with E-state index in [0.29, 0.717) is 11.4 Å². The Morgan fingerprint density at radius 2 is 1.91 bits per heavy atom. The van der Waals surface area contributed by atoms with Crippen LogP contribution >= 0.6 is 11.3 Å². The molecule has 1 atom stereocenters. The van der Waals surface area contributed by atoms with E-state index in [1.165, 1.54) is 23.5 Å². The van der Waals surface area contributed by atoms with Crippen molar-refractivity contribution in [2.75, 3.05) is 7.05 Å². The number of nitrogens with zero attached hydrogens (tertiary/aromatic N) is 1. The van der Waals surface area contributed by atoms with Gasteiger partial charge in [0.1, 0.15) is 4.88 Å². The first-order chi connectivity index (χ1) is 10.7. The molecule has 23 heavy (non-hydrogen) atoms. The number of primary sulfonamides is 1. The van der Waals surface area contributed by atoms with Crippen LogP contribution in [0.15, 0.2) is 40.6 Å². The number of nitrogens with two attached hydrogens (primary N) is 1. The Kier molecular flexibility index (Phi) is 5.20. The van der Waals surface area contributed by atoms with Gasteiger partial charge in [-0.15, -0.1) is 11.3 Å². The van der Waals surface area contributed by atoms with E-state index >= 15 is 0 Å². The molecule has 0 aliphatic heterocycles. The number of aromatic carboxylic acids is 1. The van der Waals surface area contributed by atoms with Gasteiger partial charge in [-0.25, -0.2) is 18.4 Å². The molecule has 0 amide bonds. The summed E-state index contributed by atoms with van der Waals surface area (Å²) in [6, 6.07) is 8.18. The van der Waals surface area contributed by atoms with Crippen molar-refractivity contribution in [3.05, 3.63) is 51.7 Å². The number of thiophene rings is 1. The fourth-order valence-electron chi connectivity index (χ4n) is 2.24. The molecule has 2 aromatic rings. The Bertz CT molecular complexity index is 797. The maximum absolute atomic E-state index is 11.3. The lowest BCUT2D eigenvalue weighted by Crippen LogP contribution is -2.22. The number of sulfonamides is 1. The molecule has 0 saturated carbocycles. The highest BCUT2D eigenvalue weighted by atomic mass is 32.2. The van der Waals surface area contributed by atoms with Crippen LogP contribution in [0.3, 0.4) is 0 Å². The van der Waals surface area contributed by atoms with E-state index in [4.69, 9.17) is 10.2 Å². The molecule has 0 bridgehead atoms. The predicted molar refractivity (Wildman–Crippen MR) is 89.0 cm³/mol. The van der Waals surface area contributed by atoms with Gasteiger partial charge in [0.05, 0.1) is 4.90 Å². The van der Waals surface area contributed by atoms with Crippen molar-refractivity contribution in [1.29, 1.82) is 0 Å². The van der Waals surface area contributed by atoms with Gasteiger partial charge in [-0.1, -0.05) is 12.1 Å². The second-order valence-corrected chi connectivity index (χ2v) is 7.76. The third kappa shape index (κ3) is 4.17. The van der Waals surface area contributed by atoms with Gasteiger partial charge in [0, 0.05) is 12.6 Å². The first kappa shape index (κ1) is 17.6. The minimum absolute atomic E-state index is 0.00827. The number of carboxylic acid groups (broad SMARTS) is 1. The Labute approximate surface area is 139 Å². The molecule has 3 N–H and O–H groups in total. The highest BCUT2D eigenvalue weighted by molar-refractivity contribution is 7.89.